The van der Waals surface area contributed by atoms with Crippen LogP contribution in [0, 0.1) is 5.82 Å². The second-order valence-corrected chi connectivity index (χ2v) is 4.73. The largest absolute Gasteiger partial charge is 0.481 e. The lowest BCUT2D eigenvalue weighted by atomic mass is 10.1. The number of nitrogens with one attached hydrogen (secondary N) is 1. The number of carboxylic acids is 1. The molecule has 0 atom stereocenters. The Kier molecular flexibility index (Phi) is 4.58. The van der Waals surface area contributed by atoms with Crippen molar-refractivity contribution in [3.05, 3.63) is 64.4 Å². The Bertz CT molecular complexity index is 594. The Labute approximate surface area is 121 Å². The van der Waals surface area contributed by atoms with Gasteiger partial charge in [-0.1, -0.05) is 29.8 Å². The van der Waals surface area contributed by atoms with E-state index in [-0.39, 0.29) is 18.8 Å². The van der Waals surface area contributed by atoms with Crippen LogP contribution in [0.1, 0.15) is 11.1 Å². The SMILES string of the molecule is O=C(O)Cc1ccc(NCc2c(F)cccc2Cl)cc1. The molecule has 5 heteroatoms. The second-order valence-electron chi connectivity index (χ2n) is 4.32. The van der Waals surface area contributed by atoms with Crippen LogP contribution in [0.4, 0.5) is 10.1 Å². The molecule has 0 aromatic heterocycles. The highest BCUT2D eigenvalue weighted by Crippen LogP contribution is 2.20. The summed E-state index contributed by atoms with van der Waals surface area (Å²) in [5.41, 5.74) is 1.90. The first-order valence-corrected chi connectivity index (χ1v) is 6.41. The van der Waals surface area contributed by atoms with E-state index in [1.807, 2.05) is 0 Å². The van der Waals surface area contributed by atoms with Gasteiger partial charge >= 0.3 is 5.97 Å². The first kappa shape index (κ1) is 14.3. The number of halogens is 2. The Hall–Kier alpha value is -2.07. The normalized spacial score (nSPS) is 10.3. The minimum absolute atomic E-state index is 0.0145. The van der Waals surface area contributed by atoms with Gasteiger partial charge < -0.3 is 10.4 Å². The Morgan fingerprint density at radius 2 is 1.90 bits per heavy atom. The van der Waals surface area contributed by atoms with Crippen molar-refractivity contribution >= 4 is 23.3 Å². The lowest BCUT2D eigenvalue weighted by Gasteiger charge is -2.09. The summed E-state index contributed by atoms with van der Waals surface area (Å²) >= 11 is 5.93. The molecule has 2 rings (SSSR count). The van der Waals surface area contributed by atoms with Crippen molar-refractivity contribution in [2.45, 2.75) is 13.0 Å². The highest BCUT2D eigenvalue weighted by molar-refractivity contribution is 6.31. The lowest BCUT2D eigenvalue weighted by Crippen LogP contribution is -2.03. The first-order chi connectivity index (χ1) is 9.56. The van der Waals surface area contributed by atoms with Gasteiger partial charge in [-0.25, -0.2) is 4.39 Å². The molecule has 0 aliphatic heterocycles. The molecule has 0 saturated carbocycles. The Balaban J connectivity index is 2.02. The number of rotatable bonds is 5. The molecule has 0 spiro atoms. The topological polar surface area (TPSA) is 49.3 Å². The maximum absolute atomic E-state index is 13.6. The molecule has 2 aromatic carbocycles. The summed E-state index contributed by atoms with van der Waals surface area (Å²) in [5.74, 6) is -1.23. The van der Waals surface area contributed by atoms with Crippen LogP contribution in [0.2, 0.25) is 5.02 Å². The van der Waals surface area contributed by atoms with Crippen LogP contribution in [-0.4, -0.2) is 11.1 Å². The number of hydrogen-bond acceptors (Lipinski definition) is 2. The fraction of sp³-hybridized carbons (Fsp3) is 0.133. The molecule has 104 valence electrons. The molecular weight excluding hydrogens is 281 g/mol. The van der Waals surface area contributed by atoms with Gasteiger partial charge in [0.1, 0.15) is 5.82 Å². The van der Waals surface area contributed by atoms with Gasteiger partial charge in [0.15, 0.2) is 0 Å². The zero-order chi connectivity index (χ0) is 14.5. The van der Waals surface area contributed by atoms with Gasteiger partial charge in [0.2, 0.25) is 0 Å². The Morgan fingerprint density at radius 1 is 1.20 bits per heavy atom. The third-order valence-corrected chi connectivity index (χ3v) is 3.19. The van der Waals surface area contributed by atoms with Crippen LogP contribution in [0.15, 0.2) is 42.5 Å². The van der Waals surface area contributed by atoms with E-state index in [2.05, 4.69) is 5.32 Å². The van der Waals surface area contributed by atoms with Crippen LogP contribution in [0.25, 0.3) is 0 Å². The van der Waals surface area contributed by atoms with Crippen LogP contribution in [0.5, 0.6) is 0 Å². The fourth-order valence-electron chi connectivity index (χ4n) is 1.81. The van der Waals surface area contributed by atoms with Crippen LogP contribution < -0.4 is 5.32 Å². The molecule has 0 amide bonds. The first-order valence-electron chi connectivity index (χ1n) is 6.04. The van der Waals surface area contributed by atoms with E-state index in [0.29, 0.717) is 16.1 Å². The summed E-state index contributed by atoms with van der Waals surface area (Å²) < 4.78 is 13.6. The zero-order valence-electron chi connectivity index (χ0n) is 10.6. The maximum Gasteiger partial charge on any atom is 0.307 e. The molecule has 2 aromatic rings. The van der Waals surface area contributed by atoms with E-state index < -0.39 is 5.97 Å². The molecule has 0 unspecified atom stereocenters. The average molecular weight is 294 g/mol. The van der Waals surface area contributed by atoms with Gasteiger partial charge in [0.05, 0.1) is 6.42 Å². The number of hydrogen-bond donors (Lipinski definition) is 2. The predicted molar refractivity (Wildman–Crippen MR) is 76.5 cm³/mol. The van der Waals surface area contributed by atoms with E-state index in [0.717, 1.165) is 5.69 Å². The lowest BCUT2D eigenvalue weighted by molar-refractivity contribution is -0.136. The summed E-state index contributed by atoms with van der Waals surface area (Å²) in [6, 6.07) is 11.5. The third kappa shape index (κ3) is 3.71. The van der Waals surface area contributed by atoms with Crippen molar-refractivity contribution in [2.24, 2.45) is 0 Å². The summed E-state index contributed by atoms with van der Waals surface area (Å²) in [4.78, 5) is 10.6. The van der Waals surface area contributed by atoms with Gasteiger partial charge in [-0.3, -0.25) is 4.79 Å². The third-order valence-electron chi connectivity index (χ3n) is 2.84. The van der Waals surface area contributed by atoms with Gasteiger partial charge in [-0.05, 0) is 29.8 Å². The van der Waals surface area contributed by atoms with Gasteiger partial charge in [-0.15, -0.1) is 0 Å². The second kappa shape index (κ2) is 6.39. The van der Waals surface area contributed by atoms with Crippen molar-refractivity contribution in [2.75, 3.05) is 5.32 Å². The molecule has 0 aliphatic rings. The minimum atomic E-state index is -0.871. The van der Waals surface area contributed by atoms with E-state index >= 15 is 0 Å². The van der Waals surface area contributed by atoms with Crippen molar-refractivity contribution in [1.29, 1.82) is 0 Å². The summed E-state index contributed by atoms with van der Waals surface area (Å²) in [6.07, 6.45) is -0.0145. The molecule has 0 radical (unpaired) electrons. The van der Waals surface area contributed by atoms with Crippen molar-refractivity contribution in [3.8, 4) is 0 Å². The van der Waals surface area contributed by atoms with Crippen molar-refractivity contribution < 1.29 is 14.3 Å². The van der Waals surface area contributed by atoms with Gasteiger partial charge in [-0.2, -0.15) is 0 Å². The van der Waals surface area contributed by atoms with Crippen molar-refractivity contribution in [1.82, 2.24) is 0 Å². The molecule has 0 fully saturated rings. The smallest absolute Gasteiger partial charge is 0.307 e. The molecule has 0 saturated heterocycles. The summed E-state index contributed by atoms with van der Waals surface area (Å²) in [5, 5.41) is 12.1. The molecule has 0 bridgehead atoms. The fourth-order valence-corrected chi connectivity index (χ4v) is 2.04. The number of carbonyl (C=O) groups is 1. The molecule has 0 heterocycles. The number of anilines is 1. The highest BCUT2D eigenvalue weighted by atomic mass is 35.5. The number of aliphatic carboxylic acids is 1. The minimum Gasteiger partial charge on any atom is -0.481 e. The number of carboxylic acid groups (broad SMARTS) is 1. The standard InChI is InChI=1S/C15H13ClFNO2/c16-13-2-1-3-14(17)12(13)9-18-11-6-4-10(5-7-11)8-15(19)20/h1-7,18H,8-9H2,(H,19,20). The van der Waals surface area contributed by atoms with Crippen LogP contribution in [0.3, 0.4) is 0 Å². The number of benzene rings is 2. The van der Waals surface area contributed by atoms with E-state index in [4.69, 9.17) is 16.7 Å². The van der Waals surface area contributed by atoms with Crippen molar-refractivity contribution in [3.63, 3.8) is 0 Å². The molecule has 20 heavy (non-hydrogen) atoms. The maximum atomic E-state index is 13.6. The predicted octanol–water partition coefficient (Wildman–Crippen LogP) is 3.72. The molecular formula is C15H13ClFNO2. The molecule has 2 N–H and O–H groups in total. The van der Waals surface area contributed by atoms with E-state index in [1.54, 1.807) is 36.4 Å². The van der Waals surface area contributed by atoms with Crippen LogP contribution in [-0.2, 0) is 17.8 Å². The summed E-state index contributed by atoms with van der Waals surface area (Å²) in [7, 11) is 0. The Morgan fingerprint density at radius 3 is 2.50 bits per heavy atom. The molecule has 3 nitrogen and oxygen atoms in total. The monoisotopic (exact) mass is 293 g/mol. The average Bonchev–Trinajstić information content (AvgIpc) is 2.39. The highest BCUT2D eigenvalue weighted by Gasteiger charge is 2.06. The van der Waals surface area contributed by atoms with E-state index in [1.165, 1.54) is 6.07 Å². The quantitative estimate of drug-likeness (QED) is 0.883. The van der Waals surface area contributed by atoms with Gasteiger partial charge in [0.25, 0.3) is 0 Å². The van der Waals surface area contributed by atoms with Crippen LogP contribution >= 0.6 is 11.6 Å². The zero-order valence-corrected chi connectivity index (χ0v) is 11.3. The van der Waals surface area contributed by atoms with Gasteiger partial charge in [0, 0.05) is 22.8 Å². The summed E-state index contributed by atoms with van der Waals surface area (Å²) in [6.45, 7) is 0.268. The molecule has 0 aliphatic carbocycles. The van der Waals surface area contributed by atoms with E-state index in [9.17, 15) is 9.18 Å².